The lowest BCUT2D eigenvalue weighted by molar-refractivity contribution is 0.00378. The maximum atomic E-state index is 12.1. The highest BCUT2D eigenvalue weighted by Gasteiger charge is 2.18. The molecule has 17 heavy (non-hydrogen) atoms. The molecule has 1 rings (SSSR count). The van der Waals surface area contributed by atoms with E-state index >= 15 is 0 Å². The Morgan fingerprint density at radius 3 is 2.65 bits per heavy atom. The van der Waals surface area contributed by atoms with Crippen molar-refractivity contribution in [1.82, 2.24) is 9.97 Å². The molecular formula is C8H13F2N5O2. The highest BCUT2D eigenvalue weighted by molar-refractivity contribution is 5.62. The number of aliphatic hydroxyl groups excluding tert-OH is 1. The van der Waals surface area contributed by atoms with Crippen LogP contribution in [0.25, 0.3) is 0 Å². The summed E-state index contributed by atoms with van der Waals surface area (Å²) in [7, 11) is 1.36. The number of nitrogens with zero attached hydrogens (tertiary/aromatic N) is 2. The lowest BCUT2D eigenvalue weighted by atomic mass is 10.3. The Labute approximate surface area is 96.0 Å². The number of hydrogen-bond acceptors (Lipinski definition) is 7. The number of hydrazine groups is 1. The summed E-state index contributed by atoms with van der Waals surface area (Å²) in [5, 5.41) is 11.5. The molecule has 96 valence electrons. The zero-order chi connectivity index (χ0) is 12.8. The topological polar surface area (TPSA) is 105 Å². The van der Waals surface area contributed by atoms with E-state index in [-0.39, 0.29) is 23.9 Å². The average Bonchev–Trinajstić information content (AvgIpc) is 2.34. The molecule has 5 N–H and O–H groups in total. The Balaban J connectivity index is 2.77. The van der Waals surface area contributed by atoms with E-state index in [0.717, 1.165) is 0 Å². The molecule has 0 saturated carbocycles. The predicted octanol–water partition coefficient (Wildman–Crippen LogP) is -0.191. The van der Waals surface area contributed by atoms with Crippen LogP contribution in [0.1, 0.15) is 0 Å². The van der Waals surface area contributed by atoms with Crippen LogP contribution in [0.5, 0.6) is 5.75 Å². The van der Waals surface area contributed by atoms with E-state index in [4.69, 9.17) is 15.7 Å². The molecule has 1 heterocycles. The highest BCUT2D eigenvalue weighted by atomic mass is 19.3. The predicted molar refractivity (Wildman–Crippen MR) is 56.9 cm³/mol. The SMILES string of the molecule is COc1c(NN)ncnc1NCC(O)C(F)F. The third-order valence-electron chi connectivity index (χ3n) is 1.91. The van der Waals surface area contributed by atoms with E-state index in [0.29, 0.717) is 0 Å². The van der Waals surface area contributed by atoms with Gasteiger partial charge in [-0.05, 0) is 0 Å². The Morgan fingerprint density at radius 1 is 1.47 bits per heavy atom. The number of methoxy groups -OCH3 is 1. The first-order valence-electron chi connectivity index (χ1n) is 4.65. The van der Waals surface area contributed by atoms with Crippen molar-refractivity contribution in [3.63, 3.8) is 0 Å². The molecule has 0 aromatic carbocycles. The van der Waals surface area contributed by atoms with Crippen molar-refractivity contribution in [3.8, 4) is 5.75 Å². The standard InChI is InChI=1S/C8H13F2N5O2/c1-17-5-7(12-2-4(16)6(9)10)13-3-14-8(5)15-11/h3-4,6,16H,2,11H2,1H3,(H2,12,13,14,15). The molecule has 0 fully saturated rings. The number of aliphatic hydroxyl groups is 1. The number of anilines is 2. The maximum Gasteiger partial charge on any atom is 0.265 e. The molecule has 1 aromatic rings. The molecule has 0 radical (unpaired) electrons. The minimum atomic E-state index is -2.83. The second-order valence-electron chi connectivity index (χ2n) is 3.03. The second kappa shape index (κ2) is 6.11. The van der Waals surface area contributed by atoms with Gasteiger partial charge >= 0.3 is 0 Å². The number of nitrogen functional groups attached to an aromatic ring is 1. The van der Waals surface area contributed by atoms with Crippen molar-refractivity contribution in [1.29, 1.82) is 0 Å². The molecule has 0 spiro atoms. The Hall–Kier alpha value is -1.74. The van der Waals surface area contributed by atoms with Crippen LogP contribution < -0.4 is 21.3 Å². The largest absolute Gasteiger partial charge is 0.490 e. The number of ether oxygens (including phenoxy) is 1. The monoisotopic (exact) mass is 249 g/mol. The van der Waals surface area contributed by atoms with Gasteiger partial charge in [-0.15, -0.1) is 0 Å². The summed E-state index contributed by atoms with van der Waals surface area (Å²) >= 11 is 0. The van der Waals surface area contributed by atoms with Gasteiger partial charge < -0.3 is 20.6 Å². The lowest BCUT2D eigenvalue weighted by Crippen LogP contribution is -2.27. The average molecular weight is 249 g/mol. The van der Waals surface area contributed by atoms with Gasteiger partial charge in [0.2, 0.25) is 5.75 Å². The Bertz CT molecular complexity index is 366. The van der Waals surface area contributed by atoms with Gasteiger partial charge in [-0.25, -0.2) is 24.6 Å². The van der Waals surface area contributed by atoms with Crippen molar-refractivity contribution in [2.45, 2.75) is 12.5 Å². The van der Waals surface area contributed by atoms with Gasteiger partial charge in [0.15, 0.2) is 11.6 Å². The number of nitrogens with one attached hydrogen (secondary N) is 2. The first-order chi connectivity index (χ1) is 8.10. The van der Waals surface area contributed by atoms with Crippen LogP contribution in [-0.2, 0) is 0 Å². The highest BCUT2D eigenvalue weighted by Crippen LogP contribution is 2.27. The molecule has 9 heteroatoms. The summed E-state index contributed by atoms with van der Waals surface area (Å²) in [4.78, 5) is 7.56. The zero-order valence-corrected chi connectivity index (χ0v) is 9.02. The molecule has 7 nitrogen and oxygen atoms in total. The smallest absolute Gasteiger partial charge is 0.265 e. The van der Waals surface area contributed by atoms with Crippen LogP contribution in [0.15, 0.2) is 6.33 Å². The molecule has 0 saturated heterocycles. The quantitative estimate of drug-likeness (QED) is 0.409. The molecule has 0 aliphatic heterocycles. The van der Waals surface area contributed by atoms with E-state index in [1.54, 1.807) is 0 Å². The zero-order valence-electron chi connectivity index (χ0n) is 9.02. The van der Waals surface area contributed by atoms with Crippen molar-refractivity contribution in [3.05, 3.63) is 6.33 Å². The molecule has 0 amide bonds. The van der Waals surface area contributed by atoms with Gasteiger partial charge in [-0.3, -0.25) is 0 Å². The van der Waals surface area contributed by atoms with E-state index in [1.807, 2.05) is 0 Å². The van der Waals surface area contributed by atoms with Crippen LogP contribution in [0.3, 0.4) is 0 Å². The van der Waals surface area contributed by atoms with Crippen LogP contribution in [0.2, 0.25) is 0 Å². The van der Waals surface area contributed by atoms with Crippen LogP contribution in [0, 0.1) is 0 Å². The van der Waals surface area contributed by atoms with Crippen LogP contribution in [0.4, 0.5) is 20.4 Å². The fourth-order valence-corrected chi connectivity index (χ4v) is 1.09. The number of alkyl halides is 2. The van der Waals surface area contributed by atoms with Gasteiger partial charge in [0.25, 0.3) is 6.43 Å². The summed E-state index contributed by atoms with van der Waals surface area (Å²) in [5.74, 6) is 5.73. The Morgan fingerprint density at radius 2 is 2.12 bits per heavy atom. The molecule has 0 aliphatic carbocycles. The van der Waals surface area contributed by atoms with Gasteiger partial charge in [0.05, 0.1) is 7.11 Å². The third kappa shape index (κ3) is 3.36. The second-order valence-corrected chi connectivity index (χ2v) is 3.03. The number of halogens is 2. The van der Waals surface area contributed by atoms with E-state index in [1.165, 1.54) is 13.4 Å². The fourth-order valence-electron chi connectivity index (χ4n) is 1.09. The van der Waals surface area contributed by atoms with E-state index in [2.05, 4.69) is 20.7 Å². The fraction of sp³-hybridized carbons (Fsp3) is 0.500. The van der Waals surface area contributed by atoms with Crippen molar-refractivity contribution >= 4 is 11.6 Å². The van der Waals surface area contributed by atoms with Crippen LogP contribution >= 0.6 is 0 Å². The van der Waals surface area contributed by atoms with Gasteiger partial charge in [0.1, 0.15) is 12.4 Å². The van der Waals surface area contributed by atoms with Crippen LogP contribution in [-0.4, -0.2) is 41.3 Å². The number of aromatic nitrogens is 2. The molecule has 1 atom stereocenters. The first-order valence-corrected chi connectivity index (χ1v) is 4.65. The number of nitrogens with two attached hydrogens (primary N) is 1. The summed E-state index contributed by atoms with van der Waals surface area (Å²) in [6.45, 7) is -0.366. The molecule has 1 aromatic heterocycles. The third-order valence-corrected chi connectivity index (χ3v) is 1.91. The molecule has 0 aliphatic rings. The normalized spacial score (nSPS) is 12.4. The van der Waals surface area contributed by atoms with Gasteiger partial charge in [-0.1, -0.05) is 0 Å². The molecule has 0 bridgehead atoms. The lowest BCUT2D eigenvalue weighted by Gasteiger charge is -2.14. The van der Waals surface area contributed by atoms with Crippen molar-refractivity contribution in [2.75, 3.05) is 24.4 Å². The Kier molecular flexibility index (Phi) is 4.79. The first kappa shape index (κ1) is 13.3. The minimum Gasteiger partial charge on any atom is -0.490 e. The number of hydrogen-bond donors (Lipinski definition) is 4. The molecule has 1 unspecified atom stereocenters. The van der Waals surface area contributed by atoms with Crippen molar-refractivity contribution in [2.24, 2.45) is 5.84 Å². The van der Waals surface area contributed by atoms with E-state index < -0.39 is 12.5 Å². The number of rotatable bonds is 6. The summed E-state index contributed by atoms with van der Waals surface area (Å²) in [6.07, 6.45) is -3.44. The van der Waals surface area contributed by atoms with Gasteiger partial charge in [0, 0.05) is 6.54 Å². The maximum absolute atomic E-state index is 12.1. The summed E-state index contributed by atoms with van der Waals surface area (Å²) < 4.78 is 29.1. The molecular weight excluding hydrogens is 236 g/mol. The minimum absolute atomic E-state index is 0.162. The van der Waals surface area contributed by atoms with E-state index in [9.17, 15) is 8.78 Å². The summed E-state index contributed by atoms with van der Waals surface area (Å²) in [6, 6.07) is 0. The van der Waals surface area contributed by atoms with Gasteiger partial charge in [-0.2, -0.15) is 0 Å². The van der Waals surface area contributed by atoms with Crippen molar-refractivity contribution < 1.29 is 18.6 Å². The summed E-state index contributed by atoms with van der Waals surface area (Å²) in [5.41, 5.74) is 2.27.